The number of hydrogen-bond acceptors (Lipinski definition) is 6. The topological polar surface area (TPSA) is 61.4 Å². The van der Waals surface area contributed by atoms with Gasteiger partial charge in [0.1, 0.15) is 17.0 Å². The van der Waals surface area contributed by atoms with E-state index in [4.69, 9.17) is 0 Å². The molecule has 2 fully saturated rings. The van der Waals surface area contributed by atoms with Crippen molar-refractivity contribution in [1.82, 2.24) is 20.2 Å². The first-order chi connectivity index (χ1) is 13.1. The van der Waals surface area contributed by atoms with Gasteiger partial charge in [-0.1, -0.05) is 0 Å². The van der Waals surface area contributed by atoms with Gasteiger partial charge in [0, 0.05) is 43.0 Å². The maximum atomic E-state index is 12.9. The van der Waals surface area contributed by atoms with Crippen LogP contribution in [-0.4, -0.2) is 60.0 Å². The number of nitrogens with zero attached hydrogens (tertiary/aromatic N) is 4. The van der Waals surface area contributed by atoms with Crippen LogP contribution in [0.2, 0.25) is 0 Å². The van der Waals surface area contributed by atoms with Crippen molar-refractivity contribution < 1.29 is 4.79 Å². The number of hydrogen-bond donors (Lipinski definition) is 1. The van der Waals surface area contributed by atoms with Crippen LogP contribution in [0.25, 0.3) is 10.2 Å². The number of thiophene rings is 1. The number of rotatable bonds is 3. The van der Waals surface area contributed by atoms with Gasteiger partial charge in [-0.25, -0.2) is 9.97 Å². The van der Waals surface area contributed by atoms with Crippen molar-refractivity contribution in [2.24, 2.45) is 5.92 Å². The summed E-state index contributed by atoms with van der Waals surface area (Å²) < 4.78 is 0. The smallest absolute Gasteiger partial charge is 0.225 e. The lowest BCUT2D eigenvalue weighted by Crippen LogP contribution is -2.48. The molecule has 0 aliphatic carbocycles. The molecule has 8 heteroatoms. The van der Waals surface area contributed by atoms with E-state index in [-0.39, 0.29) is 18.3 Å². The van der Waals surface area contributed by atoms with Gasteiger partial charge >= 0.3 is 0 Å². The number of halogens is 1. The Morgan fingerprint density at radius 3 is 2.43 bits per heavy atom. The van der Waals surface area contributed by atoms with E-state index in [1.165, 1.54) is 15.8 Å². The number of carbonyl (C=O) groups excluding carboxylic acids is 1. The highest BCUT2D eigenvalue weighted by atomic mass is 35.5. The standard InChI is InChI=1S/C20H29N5OS.ClH/c1-13-14(2)27-19-17(13)18(22-12-23-19)24-8-4-15(5-9-24)20(26)25-10-6-16(21-3)7-11-25;/h12,15-16,21H,4-11H2,1-3H3;1H. The number of piperidine rings is 2. The number of aromatic nitrogens is 2. The van der Waals surface area contributed by atoms with Gasteiger partial charge in [0.2, 0.25) is 5.91 Å². The Kier molecular flexibility index (Phi) is 6.78. The van der Waals surface area contributed by atoms with Gasteiger partial charge in [-0.15, -0.1) is 23.7 Å². The van der Waals surface area contributed by atoms with Crippen molar-refractivity contribution in [3.63, 3.8) is 0 Å². The third kappa shape index (κ3) is 3.98. The number of anilines is 1. The summed E-state index contributed by atoms with van der Waals surface area (Å²) in [5, 5.41) is 4.53. The number of fused-ring (bicyclic) bond motifs is 1. The molecule has 0 radical (unpaired) electrons. The maximum absolute atomic E-state index is 12.9. The normalized spacial score (nSPS) is 19.1. The first-order valence-electron chi connectivity index (χ1n) is 10.00. The molecule has 0 atom stereocenters. The Labute approximate surface area is 177 Å². The van der Waals surface area contributed by atoms with Crippen molar-refractivity contribution >= 4 is 45.7 Å². The van der Waals surface area contributed by atoms with E-state index < -0.39 is 0 Å². The fourth-order valence-corrected chi connectivity index (χ4v) is 5.38. The Morgan fingerprint density at radius 2 is 1.79 bits per heavy atom. The minimum absolute atomic E-state index is 0. The second-order valence-electron chi connectivity index (χ2n) is 7.81. The van der Waals surface area contributed by atoms with E-state index in [1.807, 2.05) is 7.05 Å². The molecular formula is C20H30ClN5OS. The molecule has 28 heavy (non-hydrogen) atoms. The number of carbonyl (C=O) groups is 1. The van der Waals surface area contributed by atoms with Crippen LogP contribution in [0.3, 0.4) is 0 Å². The maximum Gasteiger partial charge on any atom is 0.225 e. The summed E-state index contributed by atoms with van der Waals surface area (Å²) in [6, 6.07) is 0.563. The molecular weight excluding hydrogens is 394 g/mol. The van der Waals surface area contributed by atoms with Crippen molar-refractivity contribution in [2.45, 2.75) is 45.6 Å². The molecule has 0 unspecified atom stereocenters. The van der Waals surface area contributed by atoms with Crippen LogP contribution in [0, 0.1) is 19.8 Å². The molecule has 1 N–H and O–H groups in total. The molecule has 6 nitrogen and oxygen atoms in total. The molecule has 2 aromatic rings. The van der Waals surface area contributed by atoms with Gasteiger partial charge < -0.3 is 15.1 Å². The van der Waals surface area contributed by atoms with Crippen LogP contribution < -0.4 is 10.2 Å². The Bertz CT molecular complexity index is 825. The first-order valence-corrected chi connectivity index (χ1v) is 10.8. The lowest BCUT2D eigenvalue weighted by atomic mass is 9.93. The van der Waals surface area contributed by atoms with Crippen LogP contribution in [-0.2, 0) is 4.79 Å². The van der Waals surface area contributed by atoms with Crippen molar-refractivity contribution in [3.05, 3.63) is 16.8 Å². The Morgan fingerprint density at radius 1 is 1.11 bits per heavy atom. The zero-order chi connectivity index (χ0) is 19.0. The van der Waals surface area contributed by atoms with Gasteiger partial charge in [-0.05, 0) is 52.1 Å². The molecule has 2 aliphatic rings. The molecule has 2 aliphatic heterocycles. The van der Waals surface area contributed by atoms with E-state index in [1.54, 1.807) is 17.7 Å². The molecule has 1 amide bonds. The van der Waals surface area contributed by atoms with Crippen molar-refractivity contribution in [1.29, 1.82) is 0 Å². The van der Waals surface area contributed by atoms with E-state index in [0.29, 0.717) is 11.9 Å². The zero-order valence-corrected chi connectivity index (χ0v) is 18.5. The van der Waals surface area contributed by atoms with Gasteiger partial charge in [0.05, 0.1) is 5.39 Å². The van der Waals surface area contributed by atoms with Crippen LogP contribution >= 0.6 is 23.7 Å². The molecule has 0 bridgehead atoms. The number of likely N-dealkylation sites (tertiary alicyclic amines) is 1. The summed E-state index contributed by atoms with van der Waals surface area (Å²) in [5.74, 6) is 1.57. The molecule has 2 aromatic heterocycles. The fraction of sp³-hybridized carbons (Fsp3) is 0.650. The predicted molar refractivity (Wildman–Crippen MR) is 118 cm³/mol. The van der Waals surface area contributed by atoms with Gasteiger partial charge in [0.15, 0.2) is 0 Å². The SMILES string of the molecule is CNC1CCN(C(=O)C2CCN(c3ncnc4sc(C)c(C)c34)CC2)CC1.Cl. The highest BCUT2D eigenvalue weighted by Crippen LogP contribution is 2.35. The van der Waals surface area contributed by atoms with E-state index >= 15 is 0 Å². The van der Waals surface area contributed by atoms with Crippen LogP contribution in [0.4, 0.5) is 5.82 Å². The van der Waals surface area contributed by atoms with Crippen molar-refractivity contribution in [3.8, 4) is 0 Å². The van der Waals surface area contributed by atoms with E-state index in [9.17, 15) is 4.79 Å². The molecule has 2 saturated heterocycles. The third-order valence-corrected chi connectivity index (χ3v) is 7.42. The summed E-state index contributed by atoms with van der Waals surface area (Å²) >= 11 is 1.74. The summed E-state index contributed by atoms with van der Waals surface area (Å²) in [4.78, 5) is 28.8. The second-order valence-corrected chi connectivity index (χ2v) is 9.01. The van der Waals surface area contributed by atoms with Gasteiger partial charge in [-0.2, -0.15) is 0 Å². The molecule has 4 heterocycles. The second kappa shape index (κ2) is 8.93. The average molecular weight is 424 g/mol. The monoisotopic (exact) mass is 423 g/mol. The summed E-state index contributed by atoms with van der Waals surface area (Å²) in [6.07, 6.45) is 5.64. The highest BCUT2D eigenvalue weighted by molar-refractivity contribution is 7.18. The number of nitrogens with one attached hydrogen (secondary N) is 1. The minimum Gasteiger partial charge on any atom is -0.356 e. The third-order valence-electron chi connectivity index (χ3n) is 6.30. The van der Waals surface area contributed by atoms with Crippen LogP contribution in [0.15, 0.2) is 6.33 Å². The molecule has 0 spiro atoms. The average Bonchev–Trinajstić information content (AvgIpc) is 3.01. The minimum atomic E-state index is 0. The van der Waals surface area contributed by atoms with Crippen LogP contribution in [0.1, 0.15) is 36.1 Å². The summed E-state index contributed by atoms with van der Waals surface area (Å²) in [6.45, 7) is 7.88. The Balaban J connectivity index is 0.00000225. The quantitative estimate of drug-likeness (QED) is 0.821. The van der Waals surface area contributed by atoms with E-state index in [0.717, 1.165) is 62.5 Å². The lowest BCUT2D eigenvalue weighted by Gasteiger charge is -2.37. The molecule has 0 aromatic carbocycles. The molecule has 154 valence electrons. The summed E-state index contributed by atoms with van der Waals surface area (Å²) in [5.41, 5.74) is 1.29. The van der Waals surface area contributed by atoms with Crippen LogP contribution in [0.5, 0.6) is 0 Å². The first kappa shape index (κ1) is 21.3. The van der Waals surface area contributed by atoms with E-state index in [2.05, 4.69) is 38.9 Å². The van der Waals surface area contributed by atoms with Crippen molar-refractivity contribution in [2.75, 3.05) is 38.1 Å². The van der Waals surface area contributed by atoms with Gasteiger partial charge in [0.25, 0.3) is 0 Å². The largest absolute Gasteiger partial charge is 0.356 e. The highest BCUT2D eigenvalue weighted by Gasteiger charge is 2.31. The predicted octanol–water partition coefficient (Wildman–Crippen LogP) is 3.16. The molecule has 4 rings (SSSR count). The number of amides is 1. The Hall–Kier alpha value is -1.44. The lowest BCUT2D eigenvalue weighted by molar-refractivity contribution is -0.137. The summed E-state index contributed by atoms with van der Waals surface area (Å²) in [7, 11) is 2.01. The zero-order valence-electron chi connectivity index (χ0n) is 16.9. The number of aryl methyl sites for hydroxylation is 2. The fourth-order valence-electron chi connectivity index (χ4n) is 4.39. The molecule has 0 saturated carbocycles. The van der Waals surface area contributed by atoms with Gasteiger partial charge in [-0.3, -0.25) is 4.79 Å².